The van der Waals surface area contributed by atoms with Crippen molar-refractivity contribution in [1.82, 2.24) is 9.88 Å². The molecule has 2 saturated heterocycles. The number of rotatable bonds is 4. The summed E-state index contributed by atoms with van der Waals surface area (Å²) in [7, 11) is 1.54. The molecule has 0 bridgehead atoms. The summed E-state index contributed by atoms with van der Waals surface area (Å²) < 4.78 is 48.7. The first-order chi connectivity index (χ1) is 13.6. The van der Waals surface area contributed by atoms with E-state index in [0.717, 1.165) is 31.6 Å². The number of likely N-dealkylation sites (tertiary alicyclic amines) is 1. The topological polar surface area (TPSA) is 98.2 Å². The average Bonchev–Trinajstić information content (AvgIpc) is 3.04. The zero-order valence-corrected chi connectivity index (χ0v) is 15.9. The fraction of sp³-hybridized carbons (Fsp3) is 0.611. The zero-order chi connectivity index (χ0) is 21.5. The second-order valence-corrected chi connectivity index (χ2v) is 6.78. The number of alkyl halides is 3. The Morgan fingerprint density at radius 1 is 1.45 bits per heavy atom. The van der Waals surface area contributed by atoms with E-state index in [9.17, 15) is 18.0 Å². The number of piperidine rings is 1. The van der Waals surface area contributed by atoms with Gasteiger partial charge in [-0.05, 0) is 25.0 Å². The van der Waals surface area contributed by atoms with Crippen LogP contribution in [0.5, 0.6) is 5.75 Å². The van der Waals surface area contributed by atoms with Crippen LogP contribution in [-0.2, 0) is 19.1 Å². The van der Waals surface area contributed by atoms with Crippen LogP contribution in [0.15, 0.2) is 24.5 Å². The lowest BCUT2D eigenvalue weighted by Gasteiger charge is -2.39. The lowest BCUT2D eigenvalue weighted by molar-refractivity contribution is -0.192. The molecule has 0 saturated carbocycles. The molecule has 1 aromatic rings. The van der Waals surface area contributed by atoms with Crippen molar-refractivity contribution in [2.75, 3.05) is 33.4 Å². The van der Waals surface area contributed by atoms with Crippen LogP contribution in [0.3, 0.4) is 0 Å². The van der Waals surface area contributed by atoms with Gasteiger partial charge >= 0.3 is 12.1 Å². The summed E-state index contributed by atoms with van der Waals surface area (Å²) in [5, 5.41) is 7.12. The summed E-state index contributed by atoms with van der Waals surface area (Å²) in [5.74, 6) is -1.97. The van der Waals surface area contributed by atoms with Gasteiger partial charge in [-0.25, -0.2) is 4.79 Å². The molecule has 11 heteroatoms. The second-order valence-electron chi connectivity index (χ2n) is 6.78. The smallest absolute Gasteiger partial charge is 0.486 e. The Kier molecular flexibility index (Phi) is 7.80. The fourth-order valence-corrected chi connectivity index (χ4v) is 3.30. The maximum absolute atomic E-state index is 12.0. The number of carboxylic acid groups (broad SMARTS) is 1. The lowest BCUT2D eigenvalue weighted by Crippen LogP contribution is -2.51. The summed E-state index contributed by atoms with van der Waals surface area (Å²) in [6.07, 6.45) is 1.09. The second kappa shape index (κ2) is 9.88. The van der Waals surface area contributed by atoms with E-state index in [1.54, 1.807) is 19.5 Å². The molecule has 2 aliphatic rings. The Morgan fingerprint density at radius 3 is 2.76 bits per heavy atom. The van der Waals surface area contributed by atoms with E-state index in [1.807, 2.05) is 17.0 Å². The number of amides is 1. The molecular weight excluding hydrogens is 397 g/mol. The van der Waals surface area contributed by atoms with Crippen LogP contribution in [-0.4, -0.2) is 78.2 Å². The molecule has 2 fully saturated rings. The molecule has 29 heavy (non-hydrogen) atoms. The molecule has 2 unspecified atom stereocenters. The minimum absolute atomic E-state index is 0.0154. The van der Waals surface area contributed by atoms with Gasteiger partial charge in [0.05, 0.1) is 18.4 Å². The van der Waals surface area contributed by atoms with E-state index in [0.29, 0.717) is 13.2 Å². The third-order valence-electron chi connectivity index (χ3n) is 4.51. The monoisotopic (exact) mass is 420 g/mol. The van der Waals surface area contributed by atoms with E-state index in [1.165, 1.54) is 0 Å². The van der Waals surface area contributed by atoms with Crippen molar-refractivity contribution in [3.8, 4) is 5.75 Å². The van der Waals surface area contributed by atoms with Gasteiger partial charge in [-0.2, -0.15) is 13.2 Å². The zero-order valence-electron chi connectivity index (χ0n) is 15.9. The summed E-state index contributed by atoms with van der Waals surface area (Å²) in [4.78, 5) is 26.8. The highest BCUT2D eigenvalue weighted by molar-refractivity contribution is 5.77. The molecule has 0 aliphatic carbocycles. The van der Waals surface area contributed by atoms with Crippen molar-refractivity contribution in [2.45, 2.75) is 37.1 Å². The van der Waals surface area contributed by atoms with Crippen molar-refractivity contribution in [3.63, 3.8) is 0 Å². The van der Waals surface area contributed by atoms with Gasteiger partial charge in [-0.3, -0.25) is 9.78 Å². The van der Waals surface area contributed by atoms with Crippen molar-refractivity contribution in [2.24, 2.45) is 0 Å². The molecule has 1 N–H and O–H groups in total. The normalized spacial score (nSPS) is 24.0. The molecule has 3 rings (SSSR count). The first kappa shape index (κ1) is 22.9. The van der Waals surface area contributed by atoms with Crippen LogP contribution in [0.4, 0.5) is 13.2 Å². The van der Waals surface area contributed by atoms with Crippen molar-refractivity contribution < 1.29 is 42.1 Å². The number of ether oxygens (including phenoxy) is 3. The van der Waals surface area contributed by atoms with Crippen LogP contribution >= 0.6 is 0 Å². The number of carbonyl (C=O) groups is 2. The molecule has 0 radical (unpaired) electrons. The number of methoxy groups -OCH3 is 1. The third kappa shape index (κ3) is 6.86. The highest BCUT2D eigenvalue weighted by atomic mass is 19.4. The molecule has 3 heterocycles. The Balaban J connectivity index is 0.000000370. The highest BCUT2D eigenvalue weighted by Crippen LogP contribution is 2.36. The van der Waals surface area contributed by atoms with E-state index in [-0.39, 0.29) is 24.2 Å². The Hall–Kier alpha value is -2.40. The summed E-state index contributed by atoms with van der Waals surface area (Å²) in [5.41, 5.74) is -0.269. The van der Waals surface area contributed by atoms with Gasteiger partial charge in [0.25, 0.3) is 0 Å². The molecule has 0 aromatic carbocycles. The summed E-state index contributed by atoms with van der Waals surface area (Å²) in [6.45, 7) is 2.09. The number of pyridine rings is 1. The van der Waals surface area contributed by atoms with Crippen molar-refractivity contribution >= 4 is 11.9 Å². The van der Waals surface area contributed by atoms with Gasteiger partial charge in [-0.1, -0.05) is 0 Å². The first-order valence-corrected chi connectivity index (χ1v) is 8.93. The number of aromatic nitrogens is 1. The van der Waals surface area contributed by atoms with Crippen molar-refractivity contribution in [3.05, 3.63) is 24.5 Å². The summed E-state index contributed by atoms with van der Waals surface area (Å²) >= 11 is 0. The van der Waals surface area contributed by atoms with Gasteiger partial charge in [0, 0.05) is 32.8 Å². The van der Waals surface area contributed by atoms with Crippen LogP contribution < -0.4 is 4.74 Å². The van der Waals surface area contributed by atoms with E-state index >= 15 is 0 Å². The van der Waals surface area contributed by atoms with Crippen LogP contribution in [0, 0.1) is 0 Å². The van der Waals surface area contributed by atoms with E-state index in [4.69, 9.17) is 24.1 Å². The van der Waals surface area contributed by atoms with E-state index < -0.39 is 12.1 Å². The number of halogens is 3. The Bertz CT molecular complexity index is 688. The number of carbonyl (C=O) groups excluding carboxylic acids is 1. The SMILES string of the molecule is COCC(=O)N1CCCC2(CC(Oc3cccnc3)CO2)C1.O=C(O)C(F)(F)F. The average molecular weight is 420 g/mol. The maximum Gasteiger partial charge on any atom is 0.490 e. The molecule has 8 nitrogen and oxygen atoms in total. The first-order valence-electron chi connectivity index (χ1n) is 8.93. The van der Waals surface area contributed by atoms with E-state index in [2.05, 4.69) is 4.98 Å². The minimum atomic E-state index is -5.08. The highest BCUT2D eigenvalue weighted by Gasteiger charge is 2.45. The molecule has 1 amide bonds. The quantitative estimate of drug-likeness (QED) is 0.794. The molecule has 2 atom stereocenters. The minimum Gasteiger partial charge on any atom is -0.486 e. The number of aliphatic carboxylic acids is 1. The molecule has 2 aliphatic heterocycles. The Morgan fingerprint density at radius 2 is 2.17 bits per heavy atom. The third-order valence-corrected chi connectivity index (χ3v) is 4.51. The maximum atomic E-state index is 12.0. The predicted octanol–water partition coefficient (Wildman–Crippen LogP) is 1.89. The Labute approximate surface area is 165 Å². The molecule has 1 aromatic heterocycles. The molecular formula is C18H23F3N2O6. The number of nitrogens with zero attached hydrogens (tertiary/aromatic N) is 2. The van der Waals surface area contributed by atoms with Gasteiger partial charge in [0.15, 0.2) is 0 Å². The van der Waals surface area contributed by atoms with Gasteiger partial charge in [0.1, 0.15) is 18.5 Å². The molecule has 162 valence electrons. The number of carboxylic acids is 1. The van der Waals surface area contributed by atoms with Gasteiger partial charge in [-0.15, -0.1) is 0 Å². The van der Waals surface area contributed by atoms with Crippen LogP contribution in [0.25, 0.3) is 0 Å². The summed E-state index contributed by atoms with van der Waals surface area (Å²) in [6, 6.07) is 3.75. The van der Waals surface area contributed by atoms with Crippen molar-refractivity contribution in [1.29, 1.82) is 0 Å². The van der Waals surface area contributed by atoms with Crippen LogP contribution in [0.1, 0.15) is 19.3 Å². The fourth-order valence-electron chi connectivity index (χ4n) is 3.30. The lowest BCUT2D eigenvalue weighted by atomic mass is 9.89. The predicted molar refractivity (Wildman–Crippen MR) is 93.3 cm³/mol. The number of hydrogen-bond donors (Lipinski definition) is 1. The standard InChI is InChI=1S/C16H22N2O4.C2HF3O2/c1-20-11-15(19)18-7-3-5-16(12-18)8-14(10-21-16)22-13-4-2-6-17-9-13;3-2(4,5)1(6)7/h2,4,6,9,14H,3,5,7-8,10-12H2,1H3;(H,6,7). The number of hydrogen-bond acceptors (Lipinski definition) is 6. The van der Waals surface area contributed by atoms with Gasteiger partial charge < -0.3 is 24.2 Å². The largest absolute Gasteiger partial charge is 0.490 e. The molecule has 1 spiro atoms. The van der Waals surface area contributed by atoms with Crippen LogP contribution in [0.2, 0.25) is 0 Å². The van der Waals surface area contributed by atoms with Gasteiger partial charge in [0.2, 0.25) is 5.91 Å².